The predicted octanol–water partition coefficient (Wildman–Crippen LogP) is 1.07. The molecule has 0 saturated heterocycles. The molecule has 6 nitrogen and oxygen atoms in total. The van der Waals surface area contributed by atoms with Gasteiger partial charge in [-0.1, -0.05) is 0 Å². The molecule has 0 atom stereocenters. The summed E-state index contributed by atoms with van der Waals surface area (Å²) >= 11 is 0. The van der Waals surface area contributed by atoms with Crippen LogP contribution in [0.1, 0.15) is 0 Å². The summed E-state index contributed by atoms with van der Waals surface area (Å²) in [5.41, 5.74) is 4.58. The van der Waals surface area contributed by atoms with Gasteiger partial charge in [0.1, 0.15) is 5.82 Å². The molecule has 0 aliphatic rings. The lowest BCUT2D eigenvalue weighted by molar-refractivity contribution is 0.508. The lowest BCUT2D eigenvalue weighted by Crippen LogP contribution is -2.14. The maximum Gasteiger partial charge on any atom is 0.263 e. The van der Waals surface area contributed by atoms with Crippen LogP contribution >= 0.6 is 0 Å². The van der Waals surface area contributed by atoms with Gasteiger partial charge in [-0.25, -0.2) is 17.2 Å². The minimum absolute atomic E-state index is 0.0957. The number of hydrogen-bond donors (Lipinski definition) is 3. The number of H-pyrrole nitrogens is 1. The third-order valence-corrected chi connectivity index (χ3v) is 3.43. The van der Waals surface area contributed by atoms with E-state index in [4.69, 9.17) is 5.73 Å². The van der Waals surface area contributed by atoms with Crippen molar-refractivity contribution >= 4 is 21.5 Å². The van der Waals surface area contributed by atoms with E-state index in [2.05, 4.69) is 14.9 Å². The van der Waals surface area contributed by atoms with Crippen molar-refractivity contribution < 1.29 is 17.2 Å². The second kappa shape index (κ2) is 4.26. The Kier molecular flexibility index (Phi) is 2.91. The summed E-state index contributed by atoms with van der Waals surface area (Å²) in [6.45, 7) is 0. The minimum Gasteiger partial charge on any atom is -0.396 e. The van der Waals surface area contributed by atoms with Crippen molar-refractivity contribution in [2.24, 2.45) is 0 Å². The van der Waals surface area contributed by atoms with Gasteiger partial charge in [0.05, 0.1) is 16.8 Å². The number of benzene rings is 1. The standard InChI is InChI=1S/C9H8F2N4O2S/c10-6-3-5(4-7(12)9(6)11)18(16,17)15-8-1-2-13-14-8/h1-4H,12H2,(H2,13,14,15). The summed E-state index contributed by atoms with van der Waals surface area (Å²) in [6, 6.07) is 2.74. The van der Waals surface area contributed by atoms with Crippen LogP contribution in [0.3, 0.4) is 0 Å². The molecule has 96 valence electrons. The van der Waals surface area contributed by atoms with Crippen LogP contribution in [0.4, 0.5) is 20.3 Å². The number of nitrogens with two attached hydrogens (primary N) is 1. The second-order valence-electron chi connectivity index (χ2n) is 3.38. The number of nitrogens with one attached hydrogen (secondary N) is 2. The first-order valence-electron chi connectivity index (χ1n) is 4.67. The lowest BCUT2D eigenvalue weighted by atomic mass is 10.3. The highest BCUT2D eigenvalue weighted by atomic mass is 32.2. The van der Waals surface area contributed by atoms with Gasteiger partial charge in [-0.15, -0.1) is 0 Å². The molecule has 4 N–H and O–H groups in total. The van der Waals surface area contributed by atoms with Crippen LogP contribution in [-0.4, -0.2) is 18.6 Å². The van der Waals surface area contributed by atoms with Crippen LogP contribution < -0.4 is 10.5 Å². The molecule has 0 amide bonds. The van der Waals surface area contributed by atoms with Gasteiger partial charge in [0.15, 0.2) is 11.6 Å². The average Bonchev–Trinajstić information content (AvgIpc) is 2.77. The van der Waals surface area contributed by atoms with Crippen molar-refractivity contribution in [1.82, 2.24) is 10.2 Å². The molecule has 9 heteroatoms. The van der Waals surface area contributed by atoms with Gasteiger partial charge >= 0.3 is 0 Å². The molecule has 1 aromatic carbocycles. The Morgan fingerprint density at radius 1 is 1.33 bits per heavy atom. The maximum absolute atomic E-state index is 13.1. The number of anilines is 2. The van der Waals surface area contributed by atoms with Gasteiger partial charge in [-0.3, -0.25) is 9.82 Å². The zero-order valence-electron chi connectivity index (χ0n) is 8.81. The zero-order chi connectivity index (χ0) is 13.3. The van der Waals surface area contributed by atoms with E-state index >= 15 is 0 Å². The van der Waals surface area contributed by atoms with Crippen molar-refractivity contribution in [2.75, 3.05) is 10.5 Å². The number of rotatable bonds is 3. The Morgan fingerprint density at radius 2 is 2.06 bits per heavy atom. The number of halogens is 2. The van der Waals surface area contributed by atoms with Crippen LogP contribution in [0, 0.1) is 11.6 Å². The third-order valence-electron chi connectivity index (χ3n) is 2.09. The molecular weight excluding hydrogens is 266 g/mol. The molecule has 0 unspecified atom stereocenters. The predicted molar refractivity (Wildman–Crippen MR) is 60.2 cm³/mol. The topological polar surface area (TPSA) is 101 Å². The van der Waals surface area contributed by atoms with Crippen molar-refractivity contribution in [3.63, 3.8) is 0 Å². The summed E-state index contributed by atoms with van der Waals surface area (Å²) < 4.78 is 51.7. The number of nitrogens with zero attached hydrogens (tertiary/aromatic N) is 1. The van der Waals surface area contributed by atoms with E-state index in [0.29, 0.717) is 6.07 Å². The summed E-state index contributed by atoms with van der Waals surface area (Å²) in [6.07, 6.45) is 1.33. The summed E-state index contributed by atoms with van der Waals surface area (Å²) in [4.78, 5) is -0.478. The van der Waals surface area contributed by atoms with Crippen molar-refractivity contribution in [2.45, 2.75) is 4.90 Å². The van der Waals surface area contributed by atoms with E-state index in [1.165, 1.54) is 12.3 Å². The van der Waals surface area contributed by atoms with Crippen LogP contribution in [0.25, 0.3) is 0 Å². The Labute approximate surface area is 101 Å². The zero-order valence-corrected chi connectivity index (χ0v) is 9.63. The van der Waals surface area contributed by atoms with E-state index in [1.807, 2.05) is 0 Å². The minimum atomic E-state index is -4.05. The Morgan fingerprint density at radius 3 is 2.61 bits per heavy atom. The molecule has 0 spiro atoms. The highest BCUT2D eigenvalue weighted by Gasteiger charge is 2.19. The van der Waals surface area contributed by atoms with Gasteiger partial charge in [0, 0.05) is 6.07 Å². The first-order chi connectivity index (χ1) is 8.40. The van der Waals surface area contributed by atoms with Gasteiger partial charge < -0.3 is 5.73 Å². The summed E-state index contributed by atoms with van der Waals surface area (Å²) in [7, 11) is -4.05. The fraction of sp³-hybridized carbons (Fsp3) is 0. The van der Waals surface area contributed by atoms with Crippen LogP contribution in [0.15, 0.2) is 29.3 Å². The SMILES string of the molecule is Nc1cc(S(=O)(=O)Nc2ccn[nH]2)cc(F)c1F. The van der Waals surface area contributed by atoms with Crippen LogP contribution in [0.2, 0.25) is 0 Å². The molecule has 2 rings (SSSR count). The highest BCUT2D eigenvalue weighted by molar-refractivity contribution is 7.92. The molecule has 0 fully saturated rings. The van der Waals surface area contributed by atoms with Crippen molar-refractivity contribution in [1.29, 1.82) is 0 Å². The molecular formula is C9H8F2N4O2S. The fourth-order valence-corrected chi connectivity index (χ4v) is 2.32. The Hall–Kier alpha value is -2.16. The monoisotopic (exact) mass is 274 g/mol. The molecule has 1 heterocycles. The average molecular weight is 274 g/mol. The number of hydrogen-bond acceptors (Lipinski definition) is 4. The molecule has 18 heavy (non-hydrogen) atoms. The van der Waals surface area contributed by atoms with E-state index in [0.717, 1.165) is 6.07 Å². The Balaban J connectivity index is 2.42. The second-order valence-corrected chi connectivity index (χ2v) is 5.07. The fourth-order valence-electron chi connectivity index (χ4n) is 1.26. The molecule has 0 saturated carbocycles. The van der Waals surface area contributed by atoms with Crippen molar-refractivity contribution in [3.05, 3.63) is 36.0 Å². The third kappa shape index (κ3) is 2.25. The first-order valence-corrected chi connectivity index (χ1v) is 6.15. The van der Waals surface area contributed by atoms with Gasteiger partial charge in [0.25, 0.3) is 10.0 Å². The molecule has 0 bridgehead atoms. The van der Waals surface area contributed by atoms with E-state index < -0.39 is 32.2 Å². The van der Waals surface area contributed by atoms with E-state index in [9.17, 15) is 17.2 Å². The van der Waals surface area contributed by atoms with E-state index in [-0.39, 0.29) is 5.82 Å². The highest BCUT2D eigenvalue weighted by Crippen LogP contribution is 2.21. The van der Waals surface area contributed by atoms with Gasteiger partial charge in [-0.05, 0) is 12.1 Å². The largest absolute Gasteiger partial charge is 0.396 e. The lowest BCUT2D eigenvalue weighted by Gasteiger charge is -2.07. The molecule has 0 radical (unpaired) electrons. The molecule has 2 aromatic rings. The van der Waals surface area contributed by atoms with Crippen molar-refractivity contribution in [3.8, 4) is 0 Å². The summed E-state index contributed by atoms with van der Waals surface area (Å²) in [5, 5.41) is 5.90. The normalized spacial score (nSPS) is 11.4. The van der Waals surface area contributed by atoms with Crippen LogP contribution in [-0.2, 0) is 10.0 Å². The summed E-state index contributed by atoms with van der Waals surface area (Å²) in [5.74, 6) is -2.52. The quantitative estimate of drug-likeness (QED) is 0.729. The van der Waals surface area contributed by atoms with Crippen LogP contribution in [0.5, 0.6) is 0 Å². The smallest absolute Gasteiger partial charge is 0.263 e. The van der Waals surface area contributed by atoms with Gasteiger partial charge in [-0.2, -0.15) is 5.10 Å². The number of nitrogen functional groups attached to an aromatic ring is 1. The van der Waals surface area contributed by atoms with E-state index in [1.54, 1.807) is 0 Å². The Bertz CT molecular complexity index is 647. The first kappa shape index (κ1) is 12.3. The number of sulfonamides is 1. The maximum atomic E-state index is 13.1. The number of aromatic nitrogens is 2. The number of aromatic amines is 1. The molecule has 1 aromatic heterocycles. The molecule has 0 aliphatic heterocycles. The molecule has 0 aliphatic carbocycles. The van der Waals surface area contributed by atoms with Gasteiger partial charge in [0.2, 0.25) is 0 Å².